The third-order valence-corrected chi connectivity index (χ3v) is 4.33. The molecule has 2 aromatic rings. The van der Waals surface area contributed by atoms with Crippen LogP contribution in [0.4, 0.5) is 0 Å². The molecule has 0 fully saturated rings. The van der Waals surface area contributed by atoms with Crippen LogP contribution in [0.15, 0.2) is 28.9 Å². The number of aromatic nitrogens is 1. The SMILES string of the molecule is N#CCc1sc(-c2ccccc2Cl)nc1Br. The molecule has 0 bridgehead atoms. The van der Waals surface area contributed by atoms with Gasteiger partial charge in [-0.2, -0.15) is 5.26 Å². The van der Waals surface area contributed by atoms with Crippen LogP contribution in [-0.2, 0) is 6.42 Å². The number of halogens is 2. The van der Waals surface area contributed by atoms with Crippen LogP contribution in [0.2, 0.25) is 5.02 Å². The van der Waals surface area contributed by atoms with Crippen molar-refractivity contribution in [3.63, 3.8) is 0 Å². The molecule has 0 saturated carbocycles. The quantitative estimate of drug-likeness (QED) is 0.829. The number of thiazole rings is 1. The molecule has 5 heteroatoms. The zero-order chi connectivity index (χ0) is 11.5. The minimum atomic E-state index is 0.364. The molecule has 0 amide bonds. The van der Waals surface area contributed by atoms with Gasteiger partial charge in [-0.3, -0.25) is 0 Å². The molecule has 0 N–H and O–H groups in total. The van der Waals surface area contributed by atoms with Crippen LogP contribution in [0.1, 0.15) is 4.88 Å². The summed E-state index contributed by atoms with van der Waals surface area (Å²) in [5.41, 5.74) is 0.902. The van der Waals surface area contributed by atoms with Crippen molar-refractivity contribution in [2.24, 2.45) is 0 Å². The van der Waals surface area contributed by atoms with Gasteiger partial charge < -0.3 is 0 Å². The van der Waals surface area contributed by atoms with Crippen molar-refractivity contribution < 1.29 is 0 Å². The van der Waals surface area contributed by atoms with Crippen LogP contribution in [0.5, 0.6) is 0 Å². The van der Waals surface area contributed by atoms with Gasteiger partial charge in [-0.05, 0) is 22.0 Å². The zero-order valence-corrected chi connectivity index (χ0v) is 11.2. The molecule has 2 rings (SSSR count). The molecule has 0 atom stereocenters. The molecular formula is C11H6BrClN2S. The molecule has 80 valence electrons. The van der Waals surface area contributed by atoms with E-state index in [1.165, 1.54) is 11.3 Å². The van der Waals surface area contributed by atoms with Gasteiger partial charge in [-0.25, -0.2) is 4.98 Å². The Morgan fingerprint density at radius 3 is 2.88 bits per heavy atom. The van der Waals surface area contributed by atoms with E-state index in [4.69, 9.17) is 16.9 Å². The van der Waals surface area contributed by atoms with Gasteiger partial charge in [0.1, 0.15) is 9.61 Å². The summed E-state index contributed by atoms with van der Waals surface area (Å²) in [5, 5.41) is 10.2. The summed E-state index contributed by atoms with van der Waals surface area (Å²) in [4.78, 5) is 5.29. The van der Waals surface area contributed by atoms with E-state index in [0.717, 1.165) is 20.1 Å². The first-order chi connectivity index (χ1) is 7.72. The topological polar surface area (TPSA) is 36.7 Å². The highest BCUT2D eigenvalue weighted by atomic mass is 79.9. The Morgan fingerprint density at radius 2 is 2.19 bits per heavy atom. The van der Waals surface area contributed by atoms with Gasteiger partial charge in [0, 0.05) is 5.56 Å². The van der Waals surface area contributed by atoms with Crippen molar-refractivity contribution in [1.29, 1.82) is 5.26 Å². The Morgan fingerprint density at radius 1 is 1.44 bits per heavy atom. The van der Waals surface area contributed by atoms with Gasteiger partial charge >= 0.3 is 0 Å². The fraction of sp³-hybridized carbons (Fsp3) is 0.0909. The Bertz CT molecular complexity index is 559. The molecule has 0 aliphatic heterocycles. The highest BCUT2D eigenvalue weighted by Crippen LogP contribution is 2.34. The fourth-order valence-corrected chi connectivity index (χ4v) is 3.15. The summed E-state index contributed by atoms with van der Waals surface area (Å²) < 4.78 is 0.731. The molecular weight excluding hydrogens is 308 g/mol. The van der Waals surface area contributed by atoms with Crippen LogP contribution < -0.4 is 0 Å². The monoisotopic (exact) mass is 312 g/mol. The smallest absolute Gasteiger partial charge is 0.126 e. The molecule has 1 aromatic heterocycles. The lowest BCUT2D eigenvalue weighted by Gasteiger charge is -1.97. The lowest BCUT2D eigenvalue weighted by molar-refractivity contribution is 1.24. The molecule has 1 aromatic carbocycles. The van der Waals surface area contributed by atoms with Crippen LogP contribution >= 0.6 is 38.9 Å². The number of benzene rings is 1. The van der Waals surface area contributed by atoms with E-state index in [9.17, 15) is 0 Å². The third kappa shape index (κ3) is 2.27. The van der Waals surface area contributed by atoms with Crippen molar-refractivity contribution >= 4 is 38.9 Å². The van der Waals surface area contributed by atoms with E-state index >= 15 is 0 Å². The van der Waals surface area contributed by atoms with E-state index in [1.807, 2.05) is 24.3 Å². The lowest BCUT2D eigenvalue weighted by Crippen LogP contribution is -1.77. The van der Waals surface area contributed by atoms with Crippen LogP contribution in [0.25, 0.3) is 10.6 Å². The molecule has 1 heterocycles. The van der Waals surface area contributed by atoms with Crippen molar-refractivity contribution in [3.05, 3.63) is 38.8 Å². The number of hydrogen-bond donors (Lipinski definition) is 0. The van der Waals surface area contributed by atoms with Crippen molar-refractivity contribution in [2.75, 3.05) is 0 Å². The maximum Gasteiger partial charge on any atom is 0.126 e. The second-order valence-corrected chi connectivity index (χ2v) is 5.29. The van der Waals surface area contributed by atoms with E-state index in [-0.39, 0.29) is 0 Å². The minimum absolute atomic E-state index is 0.364. The van der Waals surface area contributed by atoms with Crippen molar-refractivity contribution in [1.82, 2.24) is 4.98 Å². The van der Waals surface area contributed by atoms with Crippen molar-refractivity contribution in [2.45, 2.75) is 6.42 Å². The maximum atomic E-state index is 8.66. The third-order valence-electron chi connectivity index (χ3n) is 1.99. The molecule has 0 aliphatic carbocycles. The maximum absolute atomic E-state index is 8.66. The normalized spacial score (nSPS) is 10.1. The Balaban J connectivity index is 2.46. The van der Waals surface area contributed by atoms with E-state index in [0.29, 0.717) is 11.4 Å². The summed E-state index contributed by atoms with van der Waals surface area (Å²) in [6.45, 7) is 0. The summed E-state index contributed by atoms with van der Waals surface area (Å²) in [5.74, 6) is 0. The van der Waals surface area contributed by atoms with E-state index < -0.39 is 0 Å². The van der Waals surface area contributed by atoms with Crippen molar-refractivity contribution in [3.8, 4) is 16.6 Å². The van der Waals surface area contributed by atoms with Crippen LogP contribution in [0, 0.1) is 11.3 Å². The van der Waals surface area contributed by atoms with Gasteiger partial charge in [0.25, 0.3) is 0 Å². The molecule has 0 spiro atoms. The first-order valence-electron chi connectivity index (χ1n) is 4.49. The average molecular weight is 314 g/mol. The molecule has 0 radical (unpaired) electrons. The lowest BCUT2D eigenvalue weighted by atomic mass is 10.2. The second kappa shape index (κ2) is 4.96. The van der Waals surface area contributed by atoms with Crippen LogP contribution in [0.3, 0.4) is 0 Å². The molecule has 0 aliphatic rings. The zero-order valence-electron chi connectivity index (χ0n) is 8.08. The second-order valence-electron chi connectivity index (χ2n) is 3.05. The minimum Gasteiger partial charge on any atom is -0.229 e. The highest BCUT2D eigenvalue weighted by molar-refractivity contribution is 9.10. The Hall–Kier alpha value is -0.890. The molecule has 0 saturated heterocycles. The predicted molar refractivity (Wildman–Crippen MR) is 69.6 cm³/mol. The largest absolute Gasteiger partial charge is 0.229 e. The first kappa shape index (κ1) is 11.6. The number of rotatable bonds is 2. The molecule has 16 heavy (non-hydrogen) atoms. The predicted octanol–water partition coefficient (Wildman–Crippen LogP) is 4.29. The van der Waals surface area contributed by atoms with Gasteiger partial charge in [0.05, 0.1) is 22.4 Å². The van der Waals surface area contributed by atoms with E-state index in [2.05, 4.69) is 27.0 Å². The number of nitriles is 1. The fourth-order valence-electron chi connectivity index (χ4n) is 1.26. The van der Waals surface area contributed by atoms with E-state index in [1.54, 1.807) is 0 Å². The summed E-state index contributed by atoms with van der Waals surface area (Å²) in [7, 11) is 0. The average Bonchev–Trinajstić information content (AvgIpc) is 2.61. The van der Waals surface area contributed by atoms with Gasteiger partial charge in [-0.1, -0.05) is 29.8 Å². The molecule has 2 nitrogen and oxygen atoms in total. The highest BCUT2D eigenvalue weighted by Gasteiger charge is 2.12. The van der Waals surface area contributed by atoms with Gasteiger partial charge in [0.15, 0.2) is 0 Å². The number of nitrogens with zero attached hydrogens (tertiary/aromatic N) is 2. The number of hydrogen-bond acceptors (Lipinski definition) is 3. The molecule has 0 unspecified atom stereocenters. The van der Waals surface area contributed by atoms with Gasteiger partial charge in [0.2, 0.25) is 0 Å². The first-order valence-corrected chi connectivity index (χ1v) is 6.48. The Kier molecular flexibility index (Phi) is 3.59. The summed E-state index contributed by atoms with van der Waals surface area (Å²) in [6, 6.07) is 9.66. The Labute approximate surface area is 111 Å². The van der Waals surface area contributed by atoms with Gasteiger partial charge in [-0.15, -0.1) is 11.3 Å². The van der Waals surface area contributed by atoms with Crippen LogP contribution in [-0.4, -0.2) is 4.98 Å². The standard InChI is InChI=1S/C11H6BrClN2S/c12-10-9(5-6-14)16-11(15-10)7-3-1-2-4-8(7)13/h1-4H,5H2. The summed E-state index contributed by atoms with van der Waals surface area (Å²) in [6.07, 6.45) is 0.364. The summed E-state index contributed by atoms with van der Waals surface area (Å²) >= 11 is 10.9.